The number of halogens is 1. The van der Waals surface area contributed by atoms with Gasteiger partial charge in [0.2, 0.25) is 0 Å². The number of ether oxygens (including phenoxy) is 2. The SMILES string of the molecule is COCCCC(NC(=O)COc1ccc(F)cc1)C(=O)O. The molecule has 0 saturated carbocycles. The maximum absolute atomic E-state index is 12.7. The van der Waals surface area contributed by atoms with Gasteiger partial charge in [-0.1, -0.05) is 0 Å². The molecule has 0 radical (unpaired) electrons. The van der Waals surface area contributed by atoms with Crippen LogP contribution in [0.4, 0.5) is 4.39 Å². The van der Waals surface area contributed by atoms with Gasteiger partial charge in [-0.3, -0.25) is 4.79 Å². The van der Waals surface area contributed by atoms with Crippen LogP contribution in [0.15, 0.2) is 24.3 Å². The zero-order chi connectivity index (χ0) is 15.7. The average molecular weight is 299 g/mol. The van der Waals surface area contributed by atoms with E-state index in [-0.39, 0.29) is 13.0 Å². The fourth-order valence-corrected chi connectivity index (χ4v) is 1.60. The summed E-state index contributed by atoms with van der Waals surface area (Å²) in [5.41, 5.74) is 0. The standard InChI is InChI=1S/C14H18FNO5/c1-20-8-2-3-12(14(18)19)16-13(17)9-21-11-6-4-10(15)5-7-11/h4-7,12H,2-3,8-9H2,1H3,(H,16,17)(H,18,19). The van der Waals surface area contributed by atoms with Gasteiger partial charge in [0.25, 0.3) is 5.91 Å². The van der Waals surface area contributed by atoms with Crippen LogP contribution in [0.5, 0.6) is 5.75 Å². The minimum Gasteiger partial charge on any atom is -0.484 e. The van der Waals surface area contributed by atoms with Gasteiger partial charge in [-0.25, -0.2) is 9.18 Å². The van der Waals surface area contributed by atoms with E-state index >= 15 is 0 Å². The fourth-order valence-electron chi connectivity index (χ4n) is 1.60. The average Bonchev–Trinajstić information content (AvgIpc) is 2.45. The molecule has 1 amide bonds. The topological polar surface area (TPSA) is 84.9 Å². The number of carboxylic acid groups (broad SMARTS) is 1. The molecule has 116 valence electrons. The number of carbonyl (C=O) groups is 2. The lowest BCUT2D eigenvalue weighted by Crippen LogP contribution is -2.43. The highest BCUT2D eigenvalue weighted by atomic mass is 19.1. The summed E-state index contributed by atoms with van der Waals surface area (Å²) in [4.78, 5) is 22.6. The molecule has 1 aromatic rings. The Morgan fingerprint density at radius 3 is 2.57 bits per heavy atom. The maximum atomic E-state index is 12.7. The van der Waals surface area contributed by atoms with E-state index in [9.17, 15) is 14.0 Å². The minimum absolute atomic E-state index is 0.269. The number of carbonyl (C=O) groups excluding carboxylic acids is 1. The van der Waals surface area contributed by atoms with Crippen LogP contribution in [-0.2, 0) is 14.3 Å². The quantitative estimate of drug-likeness (QED) is 0.669. The molecule has 0 aromatic heterocycles. The molecule has 1 aromatic carbocycles. The smallest absolute Gasteiger partial charge is 0.326 e. The second-order valence-electron chi connectivity index (χ2n) is 4.34. The predicted octanol–water partition coefficient (Wildman–Crippen LogP) is 1.20. The summed E-state index contributed by atoms with van der Waals surface area (Å²) in [6, 6.07) is 4.20. The Morgan fingerprint density at radius 1 is 1.33 bits per heavy atom. The molecular formula is C14H18FNO5. The Kier molecular flexibility index (Phi) is 7.17. The Bertz CT molecular complexity index is 463. The number of hydrogen-bond acceptors (Lipinski definition) is 4. The van der Waals surface area contributed by atoms with Gasteiger partial charge >= 0.3 is 5.97 Å². The van der Waals surface area contributed by atoms with Crippen molar-refractivity contribution in [2.75, 3.05) is 20.3 Å². The van der Waals surface area contributed by atoms with Crippen molar-refractivity contribution in [2.45, 2.75) is 18.9 Å². The highest BCUT2D eigenvalue weighted by Gasteiger charge is 2.19. The number of nitrogens with one attached hydrogen (secondary N) is 1. The van der Waals surface area contributed by atoms with Crippen LogP contribution in [0.25, 0.3) is 0 Å². The zero-order valence-electron chi connectivity index (χ0n) is 11.7. The molecule has 7 heteroatoms. The van der Waals surface area contributed by atoms with Gasteiger partial charge in [-0.05, 0) is 37.1 Å². The summed E-state index contributed by atoms with van der Waals surface area (Å²) in [5, 5.41) is 11.4. The maximum Gasteiger partial charge on any atom is 0.326 e. The van der Waals surface area contributed by atoms with Crippen LogP contribution in [0.1, 0.15) is 12.8 Å². The predicted molar refractivity (Wildman–Crippen MR) is 72.6 cm³/mol. The molecule has 1 unspecified atom stereocenters. The molecule has 2 N–H and O–H groups in total. The molecule has 1 rings (SSSR count). The van der Waals surface area contributed by atoms with E-state index in [1.807, 2.05) is 0 Å². The van der Waals surface area contributed by atoms with Crippen molar-refractivity contribution in [3.63, 3.8) is 0 Å². The normalized spacial score (nSPS) is 11.7. The van der Waals surface area contributed by atoms with Gasteiger partial charge in [0, 0.05) is 13.7 Å². The molecular weight excluding hydrogens is 281 g/mol. The number of amides is 1. The third-order valence-corrected chi connectivity index (χ3v) is 2.66. The molecule has 6 nitrogen and oxygen atoms in total. The van der Waals surface area contributed by atoms with E-state index in [0.717, 1.165) is 0 Å². The molecule has 0 fully saturated rings. The van der Waals surface area contributed by atoms with E-state index in [4.69, 9.17) is 14.6 Å². The third-order valence-electron chi connectivity index (χ3n) is 2.66. The molecule has 0 bridgehead atoms. The molecule has 0 heterocycles. The van der Waals surface area contributed by atoms with Crippen molar-refractivity contribution in [1.29, 1.82) is 0 Å². The third kappa shape index (κ3) is 6.71. The van der Waals surface area contributed by atoms with Crippen LogP contribution in [-0.4, -0.2) is 43.3 Å². The molecule has 0 aliphatic rings. The van der Waals surface area contributed by atoms with E-state index < -0.39 is 23.7 Å². The van der Waals surface area contributed by atoms with Gasteiger partial charge in [0.15, 0.2) is 6.61 Å². The fraction of sp³-hybridized carbons (Fsp3) is 0.429. The summed E-state index contributed by atoms with van der Waals surface area (Å²) in [6.07, 6.45) is 0.790. The Balaban J connectivity index is 2.39. The lowest BCUT2D eigenvalue weighted by atomic mass is 10.1. The van der Waals surface area contributed by atoms with Crippen LogP contribution >= 0.6 is 0 Å². The summed E-state index contributed by atoms with van der Waals surface area (Å²) >= 11 is 0. The number of aliphatic carboxylic acids is 1. The van der Waals surface area contributed by atoms with E-state index in [2.05, 4.69) is 5.32 Å². The number of rotatable bonds is 9. The van der Waals surface area contributed by atoms with Crippen molar-refractivity contribution >= 4 is 11.9 Å². The highest BCUT2D eigenvalue weighted by Crippen LogP contribution is 2.10. The number of carboxylic acids is 1. The van der Waals surface area contributed by atoms with E-state index in [0.29, 0.717) is 18.8 Å². The van der Waals surface area contributed by atoms with Gasteiger partial charge in [-0.15, -0.1) is 0 Å². The van der Waals surface area contributed by atoms with Crippen molar-refractivity contribution in [3.05, 3.63) is 30.1 Å². The lowest BCUT2D eigenvalue weighted by molar-refractivity contribution is -0.142. The Morgan fingerprint density at radius 2 is 2.00 bits per heavy atom. The number of methoxy groups -OCH3 is 1. The molecule has 0 aliphatic carbocycles. The summed E-state index contributed by atoms with van der Waals surface area (Å²) in [7, 11) is 1.52. The summed E-state index contributed by atoms with van der Waals surface area (Å²) in [6.45, 7) is 0.0887. The van der Waals surface area contributed by atoms with Crippen LogP contribution in [0.3, 0.4) is 0 Å². The first-order valence-corrected chi connectivity index (χ1v) is 6.42. The first-order valence-electron chi connectivity index (χ1n) is 6.42. The van der Waals surface area contributed by atoms with Gasteiger partial charge in [-0.2, -0.15) is 0 Å². The molecule has 0 aliphatic heterocycles. The minimum atomic E-state index is -1.11. The van der Waals surface area contributed by atoms with Crippen molar-refractivity contribution in [1.82, 2.24) is 5.32 Å². The Hall–Kier alpha value is -2.15. The monoisotopic (exact) mass is 299 g/mol. The van der Waals surface area contributed by atoms with Crippen molar-refractivity contribution < 1.29 is 28.6 Å². The van der Waals surface area contributed by atoms with Crippen molar-refractivity contribution in [2.24, 2.45) is 0 Å². The zero-order valence-corrected chi connectivity index (χ0v) is 11.7. The number of hydrogen-bond donors (Lipinski definition) is 2. The van der Waals surface area contributed by atoms with Crippen LogP contribution < -0.4 is 10.1 Å². The van der Waals surface area contributed by atoms with Gasteiger partial charge in [0.1, 0.15) is 17.6 Å². The molecule has 0 saturated heterocycles. The van der Waals surface area contributed by atoms with Crippen LogP contribution in [0.2, 0.25) is 0 Å². The highest BCUT2D eigenvalue weighted by molar-refractivity contribution is 5.84. The molecule has 21 heavy (non-hydrogen) atoms. The number of benzene rings is 1. The van der Waals surface area contributed by atoms with Crippen molar-refractivity contribution in [3.8, 4) is 5.75 Å². The van der Waals surface area contributed by atoms with E-state index in [1.54, 1.807) is 0 Å². The largest absolute Gasteiger partial charge is 0.484 e. The van der Waals surface area contributed by atoms with Crippen LogP contribution in [0, 0.1) is 5.82 Å². The molecule has 0 spiro atoms. The first kappa shape index (κ1) is 16.9. The summed E-state index contributed by atoms with van der Waals surface area (Å²) < 4.78 is 22.6. The first-order chi connectivity index (χ1) is 10.0. The second kappa shape index (κ2) is 8.91. The Labute approximate surface area is 121 Å². The van der Waals surface area contributed by atoms with Gasteiger partial charge in [0.05, 0.1) is 0 Å². The second-order valence-corrected chi connectivity index (χ2v) is 4.34. The van der Waals surface area contributed by atoms with E-state index in [1.165, 1.54) is 31.4 Å². The van der Waals surface area contributed by atoms with Gasteiger partial charge < -0.3 is 19.9 Å². The lowest BCUT2D eigenvalue weighted by Gasteiger charge is -2.14. The molecule has 1 atom stereocenters. The summed E-state index contributed by atoms with van der Waals surface area (Å²) in [5.74, 6) is -1.74.